The molecule has 2 heterocycles. The lowest BCUT2D eigenvalue weighted by molar-refractivity contribution is 0.556. The Bertz CT molecular complexity index is 302. The summed E-state index contributed by atoms with van der Waals surface area (Å²) in [7, 11) is 1.99. The zero-order chi connectivity index (χ0) is 9.97. The van der Waals surface area contributed by atoms with E-state index in [1.54, 1.807) is 0 Å². The summed E-state index contributed by atoms with van der Waals surface area (Å²) in [5, 5.41) is 7.81. The van der Waals surface area contributed by atoms with Gasteiger partial charge in [-0.15, -0.1) is 0 Å². The van der Waals surface area contributed by atoms with E-state index < -0.39 is 0 Å². The van der Waals surface area contributed by atoms with Gasteiger partial charge in [0, 0.05) is 36.6 Å². The second-order valence-electron chi connectivity index (χ2n) is 3.82. The fourth-order valence-corrected chi connectivity index (χ4v) is 2.85. The van der Waals surface area contributed by atoms with Gasteiger partial charge in [-0.05, 0) is 19.1 Å². The summed E-state index contributed by atoms with van der Waals surface area (Å²) in [6, 6.07) is 0.708. The second-order valence-corrected chi connectivity index (χ2v) is 4.97. The molecule has 0 spiro atoms. The average molecular weight is 211 g/mol. The molecule has 0 saturated carbocycles. The topological polar surface area (TPSA) is 29.9 Å². The number of nitrogens with one attached hydrogen (secondary N) is 1. The van der Waals surface area contributed by atoms with Crippen molar-refractivity contribution in [1.29, 1.82) is 0 Å². The van der Waals surface area contributed by atoms with Gasteiger partial charge in [-0.2, -0.15) is 16.9 Å². The van der Waals surface area contributed by atoms with Crippen molar-refractivity contribution in [3.63, 3.8) is 0 Å². The maximum atomic E-state index is 4.23. The number of nitrogens with zero attached hydrogens (tertiary/aromatic N) is 2. The zero-order valence-corrected chi connectivity index (χ0v) is 9.60. The predicted molar refractivity (Wildman–Crippen MR) is 60.5 cm³/mol. The van der Waals surface area contributed by atoms with Crippen LogP contribution in [0.3, 0.4) is 0 Å². The maximum absolute atomic E-state index is 4.23. The maximum Gasteiger partial charge on any atom is 0.0537 e. The molecule has 14 heavy (non-hydrogen) atoms. The Labute approximate surface area is 89.3 Å². The van der Waals surface area contributed by atoms with Crippen molar-refractivity contribution in [3.8, 4) is 0 Å². The lowest BCUT2D eigenvalue weighted by Crippen LogP contribution is -2.28. The zero-order valence-electron chi connectivity index (χ0n) is 8.79. The van der Waals surface area contributed by atoms with Gasteiger partial charge in [0.25, 0.3) is 0 Å². The standard InChI is InChI=1S/C10H17N3S/c1-8-9(6-12-13(8)2)5-11-10-3-4-14-7-10/h6,10-11H,3-5,7H2,1-2H3. The van der Waals surface area contributed by atoms with E-state index in [4.69, 9.17) is 0 Å². The fourth-order valence-electron chi connectivity index (χ4n) is 1.67. The molecule has 78 valence electrons. The van der Waals surface area contributed by atoms with E-state index in [2.05, 4.69) is 17.3 Å². The predicted octanol–water partition coefficient (Wildman–Crippen LogP) is 1.32. The molecule has 1 atom stereocenters. The summed E-state index contributed by atoms with van der Waals surface area (Å²) in [6.45, 7) is 3.08. The Hall–Kier alpha value is -0.480. The Morgan fingerprint density at radius 2 is 2.57 bits per heavy atom. The minimum absolute atomic E-state index is 0.708. The highest BCUT2D eigenvalue weighted by molar-refractivity contribution is 7.99. The fraction of sp³-hybridized carbons (Fsp3) is 0.700. The monoisotopic (exact) mass is 211 g/mol. The number of aryl methyl sites for hydroxylation is 1. The van der Waals surface area contributed by atoms with E-state index in [1.807, 2.05) is 29.7 Å². The first kappa shape index (κ1) is 10.1. The van der Waals surface area contributed by atoms with Crippen LogP contribution in [0.5, 0.6) is 0 Å². The molecule has 1 saturated heterocycles. The minimum Gasteiger partial charge on any atom is -0.309 e. The van der Waals surface area contributed by atoms with Crippen LogP contribution in [0, 0.1) is 6.92 Å². The van der Waals surface area contributed by atoms with Crippen LogP contribution in [-0.4, -0.2) is 27.3 Å². The van der Waals surface area contributed by atoms with Gasteiger partial charge in [0.05, 0.1) is 6.20 Å². The quantitative estimate of drug-likeness (QED) is 0.818. The first-order valence-electron chi connectivity index (χ1n) is 5.06. The summed E-state index contributed by atoms with van der Waals surface area (Å²) in [4.78, 5) is 0. The molecule has 0 aliphatic carbocycles. The largest absolute Gasteiger partial charge is 0.309 e. The van der Waals surface area contributed by atoms with Gasteiger partial charge in [0.2, 0.25) is 0 Å². The van der Waals surface area contributed by atoms with E-state index in [1.165, 1.54) is 29.2 Å². The van der Waals surface area contributed by atoms with Crippen molar-refractivity contribution in [3.05, 3.63) is 17.5 Å². The summed E-state index contributed by atoms with van der Waals surface area (Å²) in [5.41, 5.74) is 2.59. The van der Waals surface area contributed by atoms with E-state index >= 15 is 0 Å². The Balaban J connectivity index is 1.88. The number of aromatic nitrogens is 2. The van der Waals surface area contributed by atoms with Crippen LogP contribution in [0.1, 0.15) is 17.7 Å². The molecular formula is C10H17N3S. The minimum atomic E-state index is 0.708. The third-order valence-electron chi connectivity index (χ3n) is 2.85. The average Bonchev–Trinajstić information content (AvgIpc) is 2.77. The summed E-state index contributed by atoms with van der Waals surface area (Å²) >= 11 is 2.04. The van der Waals surface area contributed by atoms with E-state index in [0.29, 0.717) is 6.04 Å². The van der Waals surface area contributed by atoms with E-state index in [9.17, 15) is 0 Å². The number of thioether (sulfide) groups is 1. The summed E-state index contributed by atoms with van der Waals surface area (Å²) in [5.74, 6) is 2.57. The van der Waals surface area contributed by atoms with E-state index in [-0.39, 0.29) is 0 Å². The van der Waals surface area contributed by atoms with Gasteiger partial charge in [0.1, 0.15) is 0 Å². The van der Waals surface area contributed by atoms with Crippen LogP contribution in [0.25, 0.3) is 0 Å². The van der Waals surface area contributed by atoms with Crippen LogP contribution >= 0.6 is 11.8 Å². The molecule has 0 amide bonds. The van der Waals surface area contributed by atoms with Gasteiger partial charge in [0.15, 0.2) is 0 Å². The first-order valence-corrected chi connectivity index (χ1v) is 6.21. The van der Waals surface area contributed by atoms with Crippen LogP contribution in [-0.2, 0) is 13.6 Å². The van der Waals surface area contributed by atoms with Crippen LogP contribution in [0.4, 0.5) is 0 Å². The molecule has 0 radical (unpaired) electrons. The Kier molecular flexibility index (Phi) is 3.13. The molecule has 1 aliphatic rings. The normalized spacial score (nSPS) is 21.7. The van der Waals surface area contributed by atoms with Gasteiger partial charge in [-0.1, -0.05) is 0 Å². The molecule has 0 aromatic carbocycles. The number of hydrogen-bond donors (Lipinski definition) is 1. The van der Waals surface area contributed by atoms with Crippen LogP contribution in [0.2, 0.25) is 0 Å². The van der Waals surface area contributed by atoms with Crippen molar-refractivity contribution in [2.45, 2.75) is 25.9 Å². The molecule has 0 bridgehead atoms. The summed E-state index contributed by atoms with van der Waals surface area (Å²) in [6.07, 6.45) is 3.27. The van der Waals surface area contributed by atoms with Crippen molar-refractivity contribution >= 4 is 11.8 Å². The SMILES string of the molecule is Cc1c(CNC2CCSC2)cnn1C. The van der Waals surface area contributed by atoms with Crippen molar-refractivity contribution < 1.29 is 0 Å². The van der Waals surface area contributed by atoms with Gasteiger partial charge >= 0.3 is 0 Å². The number of hydrogen-bond acceptors (Lipinski definition) is 3. The molecule has 1 fully saturated rings. The molecule has 4 heteroatoms. The lowest BCUT2D eigenvalue weighted by atomic mass is 10.2. The van der Waals surface area contributed by atoms with E-state index in [0.717, 1.165) is 6.54 Å². The molecule has 1 unspecified atom stereocenters. The Morgan fingerprint density at radius 3 is 3.14 bits per heavy atom. The highest BCUT2D eigenvalue weighted by Gasteiger charge is 2.15. The highest BCUT2D eigenvalue weighted by atomic mass is 32.2. The highest BCUT2D eigenvalue weighted by Crippen LogP contribution is 2.17. The summed E-state index contributed by atoms with van der Waals surface area (Å²) < 4.78 is 1.93. The molecular weight excluding hydrogens is 194 g/mol. The van der Waals surface area contributed by atoms with Gasteiger partial charge in [-0.3, -0.25) is 4.68 Å². The smallest absolute Gasteiger partial charge is 0.0537 e. The Morgan fingerprint density at radius 1 is 1.71 bits per heavy atom. The molecule has 1 aromatic rings. The number of rotatable bonds is 3. The molecule has 1 N–H and O–H groups in total. The molecule has 2 rings (SSSR count). The first-order chi connectivity index (χ1) is 6.77. The van der Waals surface area contributed by atoms with Crippen LogP contribution < -0.4 is 5.32 Å². The molecule has 1 aliphatic heterocycles. The second kappa shape index (κ2) is 4.36. The van der Waals surface area contributed by atoms with Crippen molar-refractivity contribution in [1.82, 2.24) is 15.1 Å². The lowest BCUT2D eigenvalue weighted by Gasteiger charge is -2.10. The van der Waals surface area contributed by atoms with Crippen LogP contribution in [0.15, 0.2) is 6.20 Å². The van der Waals surface area contributed by atoms with Crippen molar-refractivity contribution in [2.24, 2.45) is 7.05 Å². The van der Waals surface area contributed by atoms with Crippen molar-refractivity contribution in [2.75, 3.05) is 11.5 Å². The molecule has 3 nitrogen and oxygen atoms in total. The third kappa shape index (κ3) is 2.12. The van der Waals surface area contributed by atoms with Gasteiger partial charge < -0.3 is 5.32 Å². The van der Waals surface area contributed by atoms with Gasteiger partial charge in [-0.25, -0.2) is 0 Å². The third-order valence-corrected chi connectivity index (χ3v) is 4.01. The molecule has 1 aromatic heterocycles.